The number of hydrogen-bond donors (Lipinski definition) is 2. The van der Waals surface area contributed by atoms with E-state index in [0.29, 0.717) is 11.7 Å². The number of amides is 1. The van der Waals surface area contributed by atoms with Crippen LogP contribution < -0.4 is 11.1 Å². The molecule has 1 amide bonds. The van der Waals surface area contributed by atoms with Crippen molar-refractivity contribution in [2.24, 2.45) is 18.7 Å². The van der Waals surface area contributed by atoms with Gasteiger partial charge in [0.05, 0.1) is 10.7 Å². The Hall–Kier alpha value is -1.01. The van der Waals surface area contributed by atoms with Crippen molar-refractivity contribution in [3.8, 4) is 0 Å². The molecule has 3 N–H and O–H groups in total. The molecule has 0 spiro atoms. The number of nitrogens with zero attached hydrogens (tertiary/aromatic N) is 2. The molecular formula is C14H24N4OS. The first kappa shape index (κ1) is 15.4. The molecule has 1 unspecified atom stereocenters. The zero-order valence-corrected chi connectivity index (χ0v) is 13.3. The molecule has 6 heteroatoms. The van der Waals surface area contributed by atoms with Crippen molar-refractivity contribution < 1.29 is 4.79 Å². The van der Waals surface area contributed by atoms with E-state index in [-0.39, 0.29) is 5.91 Å². The maximum atomic E-state index is 12.0. The number of carbonyl (C=O) groups excluding carboxylic acids is 1. The van der Waals surface area contributed by atoms with Gasteiger partial charge in [-0.1, -0.05) is 6.92 Å². The van der Waals surface area contributed by atoms with Gasteiger partial charge in [-0.15, -0.1) is 11.8 Å². The predicted molar refractivity (Wildman–Crippen MR) is 81.6 cm³/mol. The topological polar surface area (TPSA) is 72.9 Å². The quantitative estimate of drug-likeness (QED) is 0.712. The average Bonchev–Trinajstić information content (AvgIpc) is 3.17. The SMILES string of the molecule is CCCNC(CSc1cc(C)nn1C)(C(N)=O)C1CC1. The van der Waals surface area contributed by atoms with Gasteiger partial charge in [-0.05, 0) is 44.7 Å². The standard InChI is InChI=1S/C14H24N4OS/c1-4-7-16-14(13(15)19,11-5-6-11)9-20-12-8-10(2)17-18(12)3/h8,11,16H,4-7,9H2,1-3H3,(H2,15,19). The molecule has 20 heavy (non-hydrogen) atoms. The van der Waals surface area contributed by atoms with Crippen LogP contribution in [0.2, 0.25) is 0 Å². The van der Waals surface area contributed by atoms with E-state index in [1.54, 1.807) is 11.8 Å². The molecule has 0 saturated heterocycles. The summed E-state index contributed by atoms with van der Waals surface area (Å²) in [5.41, 5.74) is 6.15. The van der Waals surface area contributed by atoms with Crippen LogP contribution in [0.1, 0.15) is 31.9 Å². The normalized spacial score (nSPS) is 17.9. The molecule has 0 aromatic carbocycles. The second-order valence-corrected chi connectivity index (χ2v) is 6.57. The highest BCUT2D eigenvalue weighted by Crippen LogP contribution is 2.42. The van der Waals surface area contributed by atoms with Gasteiger partial charge in [0.25, 0.3) is 0 Å². The lowest BCUT2D eigenvalue weighted by molar-refractivity contribution is -0.124. The van der Waals surface area contributed by atoms with Gasteiger partial charge in [-0.3, -0.25) is 9.48 Å². The van der Waals surface area contributed by atoms with Crippen molar-refractivity contribution in [3.05, 3.63) is 11.8 Å². The largest absolute Gasteiger partial charge is 0.368 e. The summed E-state index contributed by atoms with van der Waals surface area (Å²) in [6.45, 7) is 4.90. The minimum atomic E-state index is -0.571. The van der Waals surface area contributed by atoms with Crippen LogP contribution in [-0.2, 0) is 11.8 Å². The molecule has 1 saturated carbocycles. The zero-order valence-electron chi connectivity index (χ0n) is 12.5. The Kier molecular flexibility index (Phi) is 4.75. The molecule has 2 rings (SSSR count). The van der Waals surface area contributed by atoms with Crippen LogP contribution in [-0.4, -0.2) is 33.5 Å². The Morgan fingerprint density at radius 1 is 1.65 bits per heavy atom. The first-order chi connectivity index (χ1) is 9.49. The number of rotatable bonds is 8. The monoisotopic (exact) mass is 296 g/mol. The molecule has 1 aromatic rings. The van der Waals surface area contributed by atoms with Crippen molar-refractivity contribution >= 4 is 17.7 Å². The van der Waals surface area contributed by atoms with E-state index in [2.05, 4.69) is 17.3 Å². The maximum Gasteiger partial charge on any atom is 0.238 e. The van der Waals surface area contributed by atoms with Crippen LogP contribution in [0.25, 0.3) is 0 Å². The molecule has 1 aliphatic rings. The summed E-state index contributed by atoms with van der Waals surface area (Å²) < 4.78 is 1.86. The number of nitrogens with one attached hydrogen (secondary N) is 1. The third-order valence-electron chi connectivity index (χ3n) is 3.81. The molecule has 1 fully saturated rings. The van der Waals surface area contributed by atoms with Crippen molar-refractivity contribution in [2.75, 3.05) is 12.3 Å². The van der Waals surface area contributed by atoms with Gasteiger partial charge in [-0.2, -0.15) is 5.10 Å². The smallest absolute Gasteiger partial charge is 0.238 e. The van der Waals surface area contributed by atoms with Gasteiger partial charge in [0, 0.05) is 12.8 Å². The number of nitrogens with two attached hydrogens (primary N) is 1. The summed E-state index contributed by atoms with van der Waals surface area (Å²) >= 11 is 1.66. The lowest BCUT2D eigenvalue weighted by Gasteiger charge is -2.31. The van der Waals surface area contributed by atoms with Crippen LogP contribution in [0.5, 0.6) is 0 Å². The molecule has 1 atom stereocenters. The molecule has 0 bridgehead atoms. The highest BCUT2D eigenvalue weighted by Gasteiger charge is 2.49. The van der Waals surface area contributed by atoms with Gasteiger partial charge in [0.15, 0.2) is 0 Å². The highest BCUT2D eigenvalue weighted by atomic mass is 32.2. The number of primary amides is 1. The first-order valence-corrected chi connectivity index (χ1v) is 8.16. The van der Waals surface area contributed by atoms with Gasteiger partial charge in [0.2, 0.25) is 5.91 Å². The fraction of sp³-hybridized carbons (Fsp3) is 0.714. The number of thioether (sulfide) groups is 1. The average molecular weight is 296 g/mol. The van der Waals surface area contributed by atoms with E-state index < -0.39 is 5.54 Å². The summed E-state index contributed by atoms with van der Waals surface area (Å²) in [7, 11) is 1.93. The van der Waals surface area contributed by atoms with Gasteiger partial charge >= 0.3 is 0 Å². The van der Waals surface area contributed by atoms with E-state index in [4.69, 9.17) is 5.73 Å². The second kappa shape index (κ2) is 6.18. The summed E-state index contributed by atoms with van der Waals surface area (Å²) in [5.74, 6) is 0.833. The van der Waals surface area contributed by atoms with Crippen molar-refractivity contribution in [2.45, 2.75) is 43.7 Å². The van der Waals surface area contributed by atoms with Crippen LogP contribution in [0.3, 0.4) is 0 Å². The lowest BCUT2D eigenvalue weighted by Crippen LogP contribution is -2.59. The van der Waals surface area contributed by atoms with Crippen LogP contribution >= 0.6 is 11.8 Å². The van der Waals surface area contributed by atoms with E-state index in [9.17, 15) is 4.79 Å². The maximum absolute atomic E-state index is 12.0. The molecular weight excluding hydrogens is 272 g/mol. The van der Waals surface area contributed by atoms with Gasteiger partial charge in [0.1, 0.15) is 5.54 Å². The molecule has 112 valence electrons. The summed E-state index contributed by atoms with van der Waals surface area (Å²) in [6.07, 6.45) is 3.17. The van der Waals surface area contributed by atoms with E-state index in [0.717, 1.165) is 36.5 Å². The number of hydrogen-bond acceptors (Lipinski definition) is 4. The van der Waals surface area contributed by atoms with Crippen molar-refractivity contribution in [1.82, 2.24) is 15.1 Å². The van der Waals surface area contributed by atoms with Crippen molar-refractivity contribution in [1.29, 1.82) is 0 Å². The number of aryl methyl sites for hydroxylation is 2. The molecule has 1 aliphatic carbocycles. The minimum absolute atomic E-state index is 0.222. The Bertz CT molecular complexity index is 484. The Labute approximate surface area is 124 Å². The van der Waals surface area contributed by atoms with Gasteiger partial charge in [-0.25, -0.2) is 0 Å². The number of carbonyl (C=O) groups is 1. The third kappa shape index (κ3) is 3.17. The van der Waals surface area contributed by atoms with E-state index in [1.807, 2.05) is 24.7 Å². The summed E-state index contributed by atoms with van der Waals surface area (Å²) in [4.78, 5) is 12.0. The third-order valence-corrected chi connectivity index (χ3v) is 5.09. The minimum Gasteiger partial charge on any atom is -0.368 e. The summed E-state index contributed by atoms with van der Waals surface area (Å²) in [5, 5.41) is 8.83. The molecule has 0 radical (unpaired) electrons. The van der Waals surface area contributed by atoms with Crippen LogP contribution in [0, 0.1) is 12.8 Å². The fourth-order valence-corrected chi connectivity index (χ4v) is 3.84. The van der Waals surface area contributed by atoms with E-state index in [1.165, 1.54) is 0 Å². The van der Waals surface area contributed by atoms with Crippen molar-refractivity contribution in [3.63, 3.8) is 0 Å². The molecule has 0 aliphatic heterocycles. The Morgan fingerprint density at radius 3 is 2.80 bits per heavy atom. The lowest BCUT2D eigenvalue weighted by atomic mass is 9.94. The fourth-order valence-electron chi connectivity index (χ4n) is 2.51. The zero-order chi connectivity index (χ0) is 14.8. The Morgan fingerprint density at radius 2 is 2.35 bits per heavy atom. The van der Waals surface area contributed by atoms with Crippen LogP contribution in [0.15, 0.2) is 11.1 Å². The molecule has 5 nitrogen and oxygen atoms in total. The molecule has 1 aromatic heterocycles. The predicted octanol–water partition coefficient (Wildman–Crippen LogP) is 1.45. The van der Waals surface area contributed by atoms with Gasteiger partial charge < -0.3 is 11.1 Å². The number of aromatic nitrogens is 2. The summed E-state index contributed by atoms with van der Waals surface area (Å²) in [6, 6.07) is 2.04. The van der Waals surface area contributed by atoms with Crippen LogP contribution in [0.4, 0.5) is 0 Å². The Balaban J connectivity index is 2.11. The second-order valence-electron chi connectivity index (χ2n) is 5.57. The molecule has 1 heterocycles. The van der Waals surface area contributed by atoms with E-state index >= 15 is 0 Å². The highest BCUT2D eigenvalue weighted by molar-refractivity contribution is 7.99. The first-order valence-electron chi connectivity index (χ1n) is 7.18.